The van der Waals surface area contributed by atoms with Crippen LogP contribution in [0.4, 0.5) is 0 Å². The molecule has 0 spiro atoms. The normalized spacial score (nSPS) is 27.8. The van der Waals surface area contributed by atoms with Gasteiger partial charge in [0.2, 0.25) is 0 Å². The van der Waals surface area contributed by atoms with E-state index in [1.165, 1.54) is 50.6 Å². The van der Waals surface area contributed by atoms with Crippen LogP contribution in [0, 0.1) is 11.8 Å². The fraction of sp³-hybridized carbons (Fsp3) is 1.00. The van der Waals surface area contributed by atoms with Crippen molar-refractivity contribution in [1.82, 2.24) is 4.90 Å². The summed E-state index contributed by atoms with van der Waals surface area (Å²) in [6.07, 6.45) is 5.96. The molecule has 2 rings (SSSR count). The maximum Gasteiger partial charge on any atom is 0.00841 e. The summed E-state index contributed by atoms with van der Waals surface area (Å²) >= 11 is 3.54. The van der Waals surface area contributed by atoms with Gasteiger partial charge in [-0.25, -0.2) is 0 Å². The first-order valence-corrected chi connectivity index (χ1v) is 6.29. The quantitative estimate of drug-likeness (QED) is 0.676. The smallest absolute Gasteiger partial charge is 0.00841 e. The van der Waals surface area contributed by atoms with E-state index in [9.17, 15) is 0 Å². The summed E-state index contributed by atoms with van der Waals surface area (Å²) in [5, 5.41) is 1.20. The number of rotatable bonds is 3. The Morgan fingerprint density at radius 1 is 1.08 bits per heavy atom. The third-order valence-corrected chi connectivity index (χ3v) is 4.16. The molecule has 1 heterocycles. The minimum absolute atomic E-state index is 0.950. The van der Waals surface area contributed by atoms with E-state index in [1.54, 1.807) is 0 Å². The lowest BCUT2D eigenvalue weighted by Crippen LogP contribution is -2.49. The summed E-state index contributed by atoms with van der Waals surface area (Å²) in [4.78, 5) is 2.63. The van der Waals surface area contributed by atoms with E-state index in [-0.39, 0.29) is 0 Å². The van der Waals surface area contributed by atoms with Crippen LogP contribution in [-0.2, 0) is 0 Å². The third-order valence-electron chi connectivity index (χ3n) is 3.24. The van der Waals surface area contributed by atoms with Gasteiger partial charge in [0.05, 0.1) is 0 Å². The van der Waals surface area contributed by atoms with Gasteiger partial charge in [-0.1, -0.05) is 28.8 Å². The molecule has 12 heavy (non-hydrogen) atoms. The summed E-state index contributed by atoms with van der Waals surface area (Å²) in [5.74, 6) is 1.99. The Kier molecular flexibility index (Phi) is 3.08. The highest BCUT2D eigenvalue weighted by Gasteiger charge is 2.28. The van der Waals surface area contributed by atoms with Crippen molar-refractivity contribution in [2.75, 3.05) is 25.0 Å². The lowest BCUT2D eigenvalue weighted by Gasteiger charge is -2.39. The first-order valence-electron chi connectivity index (χ1n) is 5.17. The van der Waals surface area contributed by atoms with Crippen LogP contribution in [0.1, 0.15) is 25.7 Å². The minimum atomic E-state index is 0.950. The van der Waals surface area contributed by atoms with Gasteiger partial charge in [-0.15, -0.1) is 0 Å². The molecule has 1 nitrogen and oxygen atoms in total. The fourth-order valence-corrected chi connectivity index (χ4v) is 2.89. The molecule has 0 N–H and O–H groups in total. The van der Waals surface area contributed by atoms with E-state index in [0.29, 0.717) is 0 Å². The SMILES string of the molecule is BrCC1CN(CC2CCCC2)C1. The fourth-order valence-electron chi connectivity index (χ4n) is 2.48. The minimum Gasteiger partial charge on any atom is -0.302 e. The highest BCUT2D eigenvalue weighted by molar-refractivity contribution is 9.09. The van der Waals surface area contributed by atoms with E-state index in [2.05, 4.69) is 20.8 Å². The topological polar surface area (TPSA) is 3.24 Å². The number of hydrogen-bond donors (Lipinski definition) is 0. The highest BCUT2D eigenvalue weighted by atomic mass is 79.9. The Bertz CT molecular complexity index is 137. The van der Waals surface area contributed by atoms with Crippen molar-refractivity contribution < 1.29 is 0 Å². The molecule has 2 heteroatoms. The van der Waals surface area contributed by atoms with Gasteiger partial charge in [0.1, 0.15) is 0 Å². The van der Waals surface area contributed by atoms with Gasteiger partial charge in [0.25, 0.3) is 0 Å². The lowest BCUT2D eigenvalue weighted by atomic mass is 9.99. The Morgan fingerprint density at radius 2 is 1.75 bits per heavy atom. The molecule has 0 radical (unpaired) electrons. The maximum atomic E-state index is 3.54. The monoisotopic (exact) mass is 231 g/mol. The molecule has 1 saturated carbocycles. The molecule has 0 unspecified atom stereocenters. The summed E-state index contributed by atoms with van der Waals surface area (Å²) < 4.78 is 0. The van der Waals surface area contributed by atoms with Crippen molar-refractivity contribution in [2.45, 2.75) is 25.7 Å². The van der Waals surface area contributed by atoms with Crippen molar-refractivity contribution in [3.8, 4) is 0 Å². The van der Waals surface area contributed by atoms with Gasteiger partial charge >= 0.3 is 0 Å². The van der Waals surface area contributed by atoms with Gasteiger partial charge in [0.15, 0.2) is 0 Å². The van der Waals surface area contributed by atoms with Gasteiger partial charge in [-0.3, -0.25) is 0 Å². The number of likely N-dealkylation sites (tertiary alicyclic amines) is 1. The van der Waals surface area contributed by atoms with Crippen molar-refractivity contribution in [1.29, 1.82) is 0 Å². The zero-order valence-electron chi connectivity index (χ0n) is 7.64. The van der Waals surface area contributed by atoms with E-state index < -0.39 is 0 Å². The Balaban J connectivity index is 1.62. The van der Waals surface area contributed by atoms with Crippen LogP contribution >= 0.6 is 15.9 Å². The largest absolute Gasteiger partial charge is 0.302 e. The number of alkyl halides is 1. The molecular weight excluding hydrogens is 214 g/mol. The zero-order chi connectivity index (χ0) is 8.39. The molecule has 70 valence electrons. The molecule has 0 bridgehead atoms. The number of halogens is 1. The Morgan fingerprint density at radius 3 is 2.33 bits per heavy atom. The second-order valence-corrected chi connectivity index (χ2v) is 5.04. The van der Waals surface area contributed by atoms with Gasteiger partial charge in [0, 0.05) is 25.0 Å². The summed E-state index contributed by atoms with van der Waals surface area (Å²) in [6.45, 7) is 4.09. The predicted octanol–water partition coefficient (Wildman–Crippen LogP) is 2.50. The van der Waals surface area contributed by atoms with Crippen LogP contribution in [-0.4, -0.2) is 29.9 Å². The predicted molar refractivity (Wildman–Crippen MR) is 55.7 cm³/mol. The lowest BCUT2D eigenvalue weighted by molar-refractivity contribution is 0.0967. The van der Waals surface area contributed by atoms with Crippen molar-refractivity contribution >= 4 is 15.9 Å². The molecule has 0 aromatic rings. The molecule has 0 atom stereocenters. The van der Waals surface area contributed by atoms with E-state index in [0.717, 1.165) is 11.8 Å². The number of hydrogen-bond acceptors (Lipinski definition) is 1. The van der Waals surface area contributed by atoms with Crippen molar-refractivity contribution in [3.63, 3.8) is 0 Å². The highest BCUT2D eigenvalue weighted by Crippen LogP contribution is 2.28. The van der Waals surface area contributed by atoms with Crippen LogP contribution in [0.3, 0.4) is 0 Å². The molecule has 0 aromatic heterocycles. The molecule has 0 amide bonds. The van der Waals surface area contributed by atoms with Crippen LogP contribution in [0.2, 0.25) is 0 Å². The second kappa shape index (κ2) is 4.10. The molecule has 2 fully saturated rings. The van der Waals surface area contributed by atoms with Crippen molar-refractivity contribution in [2.24, 2.45) is 11.8 Å². The third kappa shape index (κ3) is 2.02. The molecule has 1 aliphatic heterocycles. The summed E-state index contributed by atoms with van der Waals surface area (Å²) in [6, 6.07) is 0. The average molecular weight is 232 g/mol. The van der Waals surface area contributed by atoms with Gasteiger partial charge in [-0.05, 0) is 24.7 Å². The van der Waals surface area contributed by atoms with Gasteiger partial charge in [-0.2, -0.15) is 0 Å². The number of nitrogens with zero attached hydrogens (tertiary/aromatic N) is 1. The molecule has 2 aliphatic rings. The van der Waals surface area contributed by atoms with Crippen LogP contribution < -0.4 is 0 Å². The summed E-state index contributed by atoms with van der Waals surface area (Å²) in [7, 11) is 0. The maximum absolute atomic E-state index is 3.54. The molecular formula is C10H18BrN. The Hall–Kier alpha value is 0.440. The van der Waals surface area contributed by atoms with Crippen LogP contribution in [0.5, 0.6) is 0 Å². The average Bonchev–Trinajstić information content (AvgIpc) is 2.47. The van der Waals surface area contributed by atoms with Crippen LogP contribution in [0.25, 0.3) is 0 Å². The van der Waals surface area contributed by atoms with Gasteiger partial charge < -0.3 is 4.90 Å². The molecule has 1 aliphatic carbocycles. The summed E-state index contributed by atoms with van der Waals surface area (Å²) in [5.41, 5.74) is 0. The van der Waals surface area contributed by atoms with Crippen LogP contribution in [0.15, 0.2) is 0 Å². The molecule has 0 aromatic carbocycles. The standard InChI is InChI=1S/C10H18BrN/c11-5-10-7-12(8-10)6-9-3-1-2-4-9/h9-10H,1-8H2. The van der Waals surface area contributed by atoms with Crippen molar-refractivity contribution in [3.05, 3.63) is 0 Å². The van der Waals surface area contributed by atoms with E-state index in [1.807, 2.05) is 0 Å². The molecule has 1 saturated heterocycles. The first kappa shape index (κ1) is 9.01. The van der Waals surface area contributed by atoms with E-state index in [4.69, 9.17) is 0 Å². The zero-order valence-corrected chi connectivity index (χ0v) is 9.22. The first-order chi connectivity index (χ1) is 5.88. The Labute approximate surface area is 83.6 Å². The second-order valence-electron chi connectivity index (χ2n) is 4.39. The van der Waals surface area contributed by atoms with E-state index >= 15 is 0 Å².